The molecule has 1 heterocycles. The Kier molecular flexibility index (Phi) is 5.94. The van der Waals surface area contributed by atoms with Crippen molar-refractivity contribution in [3.8, 4) is 11.4 Å². The molecular weight excluding hydrogens is 362 g/mol. The lowest BCUT2D eigenvalue weighted by molar-refractivity contribution is -0.128. The summed E-state index contributed by atoms with van der Waals surface area (Å²) in [6, 6.07) is 14.3. The van der Waals surface area contributed by atoms with E-state index in [2.05, 4.69) is 22.4 Å². The number of aromatic nitrogens is 2. The maximum absolute atomic E-state index is 12.6. The fourth-order valence-electron chi connectivity index (χ4n) is 3.77. The second-order valence-electron chi connectivity index (χ2n) is 7.51. The largest absolute Gasteiger partial charge is 0.481 e. The van der Waals surface area contributed by atoms with Gasteiger partial charge in [-0.3, -0.25) is 4.79 Å². The fourth-order valence-corrected chi connectivity index (χ4v) is 3.77. The van der Waals surface area contributed by atoms with E-state index in [1.807, 2.05) is 48.0 Å². The molecule has 5 heteroatoms. The van der Waals surface area contributed by atoms with Crippen molar-refractivity contribution >= 4 is 5.91 Å². The van der Waals surface area contributed by atoms with E-state index in [1.165, 1.54) is 24.0 Å². The van der Waals surface area contributed by atoms with Gasteiger partial charge in [-0.05, 0) is 73.1 Å². The van der Waals surface area contributed by atoms with E-state index in [9.17, 15) is 4.79 Å². The molecule has 150 valence electrons. The Balaban J connectivity index is 1.34. The second kappa shape index (κ2) is 8.95. The third-order valence-corrected chi connectivity index (χ3v) is 5.47. The lowest BCUT2D eigenvalue weighted by Gasteiger charge is -2.20. The van der Waals surface area contributed by atoms with Crippen molar-refractivity contribution in [2.24, 2.45) is 0 Å². The average Bonchev–Trinajstić information content (AvgIpc) is 3.31. The molecule has 1 aliphatic rings. The number of rotatable bonds is 7. The molecule has 0 unspecified atom stereocenters. The Morgan fingerprint density at radius 3 is 2.66 bits per heavy atom. The minimum absolute atomic E-state index is 0.0797. The highest BCUT2D eigenvalue weighted by Gasteiger charge is 2.19. The van der Waals surface area contributed by atoms with E-state index >= 15 is 0 Å². The molecule has 0 spiro atoms. The maximum atomic E-state index is 12.6. The third-order valence-electron chi connectivity index (χ3n) is 5.47. The summed E-state index contributed by atoms with van der Waals surface area (Å²) in [5, 5.41) is 3.00. The van der Waals surface area contributed by atoms with Crippen LogP contribution in [-0.4, -0.2) is 21.6 Å². The molecule has 0 bridgehead atoms. The van der Waals surface area contributed by atoms with Crippen LogP contribution in [0.1, 0.15) is 42.9 Å². The predicted octanol–water partition coefficient (Wildman–Crippen LogP) is 4.22. The first-order valence-electron chi connectivity index (χ1n) is 10.4. The van der Waals surface area contributed by atoms with Crippen LogP contribution in [0, 0.1) is 0 Å². The van der Waals surface area contributed by atoms with Crippen molar-refractivity contribution in [3.63, 3.8) is 0 Å². The van der Waals surface area contributed by atoms with Gasteiger partial charge in [0.25, 0.3) is 5.91 Å². The molecule has 0 saturated heterocycles. The number of hydrogen-bond acceptors (Lipinski definition) is 3. The molecule has 3 aromatic rings. The molecule has 0 aliphatic heterocycles. The first kappa shape index (κ1) is 19.2. The number of nitrogens with one attached hydrogen (secondary N) is 1. The summed E-state index contributed by atoms with van der Waals surface area (Å²) in [6.45, 7) is 2.45. The van der Waals surface area contributed by atoms with Gasteiger partial charge in [0.15, 0.2) is 6.10 Å². The molecule has 0 radical (unpaired) electrons. The highest BCUT2D eigenvalue weighted by molar-refractivity contribution is 5.81. The number of carbonyl (C=O) groups is 1. The predicted molar refractivity (Wildman–Crippen MR) is 113 cm³/mol. The van der Waals surface area contributed by atoms with E-state index < -0.39 is 6.10 Å². The molecule has 0 saturated carbocycles. The molecule has 4 rings (SSSR count). The van der Waals surface area contributed by atoms with Crippen LogP contribution in [0.4, 0.5) is 0 Å². The molecule has 1 amide bonds. The Morgan fingerprint density at radius 2 is 1.93 bits per heavy atom. The average molecular weight is 389 g/mol. The number of ether oxygens (including phenoxy) is 1. The number of aryl methyl sites for hydroxylation is 2. The Bertz CT molecular complexity index is 949. The van der Waals surface area contributed by atoms with Gasteiger partial charge >= 0.3 is 0 Å². The lowest BCUT2D eigenvalue weighted by Crippen LogP contribution is -2.37. The maximum Gasteiger partial charge on any atom is 0.261 e. The number of fused-ring (bicyclic) bond motifs is 1. The van der Waals surface area contributed by atoms with E-state index in [1.54, 1.807) is 12.5 Å². The van der Waals surface area contributed by atoms with Crippen molar-refractivity contribution in [2.45, 2.75) is 51.7 Å². The number of carbonyl (C=O) groups excluding carboxylic acids is 1. The van der Waals surface area contributed by atoms with Crippen molar-refractivity contribution in [1.82, 2.24) is 14.9 Å². The third kappa shape index (κ3) is 4.67. The first-order valence-corrected chi connectivity index (χ1v) is 10.4. The van der Waals surface area contributed by atoms with Gasteiger partial charge in [-0.25, -0.2) is 4.98 Å². The topological polar surface area (TPSA) is 56.1 Å². The normalized spacial score (nSPS) is 14.1. The van der Waals surface area contributed by atoms with Gasteiger partial charge in [0.05, 0.1) is 6.33 Å². The molecule has 2 aromatic carbocycles. The summed E-state index contributed by atoms with van der Waals surface area (Å²) >= 11 is 0. The van der Waals surface area contributed by atoms with Crippen LogP contribution >= 0.6 is 0 Å². The standard InChI is InChI=1S/C24H27N3O2/c1-2-23(29-22-12-9-19-5-3-4-6-20(19)15-22)24(28)26-16-18-7-10-21(11-8-18)27-14-13-25-17-27/h7-15,17,23H,2-6,16H2,1H3,(H,26,28)/t23-/m0/s1. The summed E-state index contributed by atoms with van der Waals surface area (Å²) < 4.78 is 7.97. The van der Waals surface area contributed by atoms with E-state index in [0.717, 1.165) is 29.8 Å². The molecular formula is C24H27N3O2. The summed E-state index contributed by atoms with van der Waals surface area (Å²) in [5.74, 6) is 0.709. The van der Waals surface area contributed by atoms with Gasteiger partial charge in [0.1, 0.15) is 5.75 Å². The Hall–Kier alpha value is -3.08. The zero-order chi connectivity index (χ0) is 20.1. The number of nitrogens with zero attached hydrogens (tertiary/aromatic N) is 2. The minimum Gasteiger partial charge on any atom is -0.481 e. The van der Waals surface area contributed by atoms with Crippen molar-refractivity contribution in [1.29, 1.82) is 0 Å². The van der Waals surface area contributed by atoms with E-state index in [-0.39, 0.29) is 5.91 Å². The van der Waals surface area contributed by atoms with Crippen LogP contribution in [0.25, 0.3) is 5.69 Å². The van der Waals surface area contributed by atoms with Gasteiger partial charge in [-0.2, -0.15) is 0 Å². The summed E-state index contributed by atoms with van der Waals surface area (Å²) in [6.07, 6.45) is 10.3. The summed E-state index contributed by atoms with van der Waals surface area (Å²) in [4.78, 5) is 16.7. The molecule has 1 atom stereocenters. The number of hydrogen-bond donors (Lipinski definition) is 1. The highest BCUT2D eigenvalue weighted by atomic mass is 16.5. The SMILES string of the molecule is CC[C@H](Oc1ccc2c(c1)CCCC2)C(=O)NCc1ccc(-n2ccnc2)cc1. The smallest absolute Gasteiger partial charge is 0.261 e. The van der Waals surface area contributed by atoms with Crippen LogP contribution in [0.15, 0.2) is 61.2 Å². The molecule has 1 aliphatic carbocycles. The quantitative estimate of drug-likeness (QED) is 0.658. The Morgan fingerprint density at radius 1 is 1.14 bits per heavy atom. The summed E-state index contributed by atoms with van der Waals surface area (Å²) in [5.41, 5.74) is 4.87. The number of imidazole rings is 1. The van der Waals surface area contributed by atoms with E-state index in [0.29, 0.717) is 13.0 Å². The molecule has 5 nitrogen and oxygen atoms in total. The fraction of sp³-hybridized carbons (Fsp3) is 0.333. The lowest BCUT2D eigenvalue weighted by atomic mass is 9.92. The van der Waals surface area contributed by atoms with Gasteiger partial charge in [0.2, 0.25) is 0 Å². The molecule has 29 heavy (non-hydrogen) atoms. The van der Waals surface area contributed by atoms with Gasteiger partial charge in [-0.1, -0.05) is 25.1 Å². The van der Waals surface area contributed by atoms with Crippen molar-refractivity contribution in [3.05, 3.63) is 77.9 Å². The van der Waals surface area contributed by atoms with Crippen molar-refractivity contribution < 1.29 is 9.53 Å². The van der Waals surface area contributed by atoms with Crippen LogP contribution < -0.4 is 10.1 Å². The van der Waals surface area contributed by atoms with Crippen LogP contribution in [0.2, 0.25) is 0 Å². The summed E-state index contributed by atoms with van der Waals surface area (Å²) in [7, 11) is 0. The van der Waals surface area contributed by atoms with E-state index in [4.69, 9.17) is 4.74 Å². The highest BCUT2D eigenvalue weighted by Crippen LogP contribution is 2.26. The van der Waals surface area contributed by atoms with Gasteiger partial charge < -0.3 is 14.6 Å². The monoisotopic (exact) mass is 389 g/mol. The molecule has 1 N–H and O–H groups in total. The number of benzene rings is 2. The van der Waals surface area contributed by atoms with Crippen LogP contribution in [0.3, 0.4) is 0 Å². The first-order chi connectivity index (χ1) is 14.2. The second-order valence-corrected chi connectivity index (χ2v) is 7.51. The zero-order valence-corrected chi connectivity index (χ0v) is 16.8. The van der Waals surface area contributed by atoms with Gasteiger partial charge in [0, 0.05) is 24.6 Å². The van der Waals surface area contributed by atoms with Crippen molar-refractivity contribution in [2.75, 3.05) is 0 Å². The number of amides is 1. The molecule has 0 fully saturated rings. The van der Waals surface area contributed by atoms with Crippen LogP contribution in [0.5, 0.6) is 5.75 Å². The minimum atomic E-state index is -0.484. The Labute approximate surface area is 171 Å². The molecule has 1 aromatic heterocycles. The van der Waals surface area contributed by atoms with Crippen LogP contribution in [-0.2, 0) is 24.2 Å². The zero-order valence-electron chi connectivity index (χ0n) is 16.8. The van der Waals surface area contributed by atoms with Gasteiger partial charge in [-0.15, -0.1) is 0 Å².